The number of aliphatic hydroxyl groups is 1. The van der Waals surface area contributed by atoms with E-state index in [2.05, 4.69) is 27.2 Å². The first-order valence-corrected chi connectivity index (χ1v) is 28.6. The molecule has 2 unspecified atom stereocenters. The molecule has 2 aromatic carbocycles. The minimum Gasteiger partial charge on any atom is -0.373 e. The number of nitrogens with zero attached hydrogens (tertiary/aromatic N) is 5. The van der Waals surface area contributed by atoms with Gasteiger partial charge in [0.15, 0.2) is 9.84 Å². The van der Waals surface area contributed by atoms with Crippen molar-refractivity contribution in [3.63, 3.8) is 0 Å². The van der Waals surface area contributed by atoms with Gasteiger partial charge in [0.25, 0.3) is 0 Å². The average Bonchev–Trinajstić information content (AvgIpc) is 3.33. The summed E-state index contributed by atoms with van der Waals surface area (Å²) in [7, 11) is -3.56. The molecule has 5 aliphatic heterocycles. The summed E-state index contributed by atoms with van der Waals surface area (Å²) in [5, 5.41) is 13.5. The predicted octanol–water partition coefficient (Wildman–Crippen LogP) is 9.26. The maximum Gasteiger partial charge on any atom is 0.229 e. The largest absolute Gasteiger partial charge is 0.373 e. The van der Waals surface area contributed by atoms with Crippen LogP contribution >= 0.6 is 23.2 Å². The molecule has 2 N–H and O–H groups in total. The van der Waals surface area contributed by atoms with E-state index in [1.54, 1.807) is 13.8 Å². The number of hydrogen-bond acceptors (Lipinski definition) is 9. The fourth-order valence-electron chi connectivity index (χ4n) is 12.3. The zero-order chi connectivity index (χ0) is 49.9. The van der Waals surface area contributed by atoms with Crippen LogP contribution in [0.5, 0.6) is 0 Å². The van der Waals surface area contributed by atoms with Crippen LogP contribution in [0.3, 0.4) is 0 Å². The standard InChI is InChI=1S/C55H76Cl2N6O6S/c1-36(2)48(35-70(68,69)37(3)4)63-52(41-9-12-44(56)13-10-41)47(42-7-6-8-45(57)30-42)31-55(5,54(63)67)32-51(65)62-27-19-39(20-28-62)29-38-17-23-60(24-18-38)34-40-21-25-61(26-22-40)49-15-11-43(33-58-49)46-14-16-50(64)59-53(46)66/h6-13,15,30,33,36-40,46-48,52-53,66H,14,16-29,31-32,34-35H2,1-5H3,(H,59,64)/t46?,47-,48-,52-,53?,55-/m1/s1. The lowest BCUT2D eigenvalue weighted by atomic mass is 9.66. The highest BCUT2D eigenvalue weighted by Gasteiger charge is 2.54. The minimum atomic E-state index is -3.56. The molecule has 12 nitrogen and oxygen atoms in total. The molecule has 1 aromatic heterocycles. The van der Waals surface area contributed by atoms with Crippen LogP contribution in [0.2, 0.25) is 10.0 Å². The fraction of sp³-hybridized carbons (Fsp3) is 0.636. The maximum absolute atomic E-state index is 15.4. The number of amides is 3. The Hall–Kier alpha value is -3.75. The number of anilines is 1. The van der Waals surface area contributed by atoms with Gasteiger partial charge in [0.2, 0.25) is 17.7 Å². The average molecular weight is 1020 g/mol. The maximum atomic E-state index is 15.4. The molecule has 0 aliphatic carbocycles. The summed E-state index contributed by atoms with van der Waals surface area (Å²) in [6.07, 6.45) is 10.4. The second-order valence-corrected chi connectivity index (χ2v) is 25.8. The Bertz CT molecular complexity index is 2380. The highest BCUT2D eigenvalue weighted by atomic mass is 35.5. The molecule has 70 heavy (non-hydrogen) atoms. The van der Waals surface area contributed by atoms with Crippen LogP contribution in [0.4, 0.5) is 5.82 Å². The van der Waals surface area contributed by atoms with Crippen LogP contribution in [-0.2, 0) is 24.2 Å². The zero-order valence-corrected chi connectivity index (χ0v) is 44.3. The Morgan fingerprint density at radius 1 is 0.800 bits per heavy atom. The van der Waals surface area contributed by atoms with Crippen LogP contribution in [0.15, 0.2) is 66.9 Å². The number of benzene rings is 2. The highest BCUT2D eigenvalue weighted by Crippen LogP contribution is 2.53. The van der Waals surface area contributed by atoms with E-state index in [-0.39, 0.29) is 47.6 Å². The summed E-state index contributed by atoms with van der Waals surface area (Å²) in [4.78, 5) is 55.2. The molecular formula is C55H76Cl2N6O6S. The van der Waals surface area contributed by atoms with E-state index in [4.69, 9.17) is 28.2 Å². The van der Waals surface area contributed by atoms with Crippen LogP contribution in [0, 0.1) is 29.1 Å². The lowest BCUT2D eigenvalue weighted by Gasteiger charge is -2.53. The summed E-state index contributed by atoms with van der Waals surface area (Å²) >= 11 is 13.0. The molecule has 8 rings (SSSR count). The number of nitrogens with one attached hydrogen (secondary N) is 1. The number of carbonyl (C=O) groups is 3. The molecule has 5 fully saturated rings. The van der Waals surface area contributed by atoms with Gasteiger partial charge in [0.05, 0.1) is 22.5 Å². The predicted molar refractivity (Wildman–Crippen MR) is 279 cm³/mol. The number of hydrogen-bond donors (Lipinski definition) is 2. The number of likely N-dealkylation sites (tertiary alicyclic amines) is 3. The Labute approximate surface area is 427 Å². The Kier molecular flexibility index (Phi) is 16.9. The molecule has 0 saturated carbocycles. The molecule has 6 heterocycles. The van der Waals surface area contributed by atoms with Crippen molar-refractivity contribution in [1.29, 1.82) is 0 Å². The van der Waals surface area contributed by atoms with E-state index < -0.39 is 38.8 Å². The monoisotopic (exact) mass is 1020 g/mol. The lowest BCUT2D eigenvalue weighted by molar-refractivity contribution is -0.159. The van der Waals surface area contributed by atoms with Gasteiger partial charge in [-0.25, -0.2) is 13.4 Å². The number of aliphatic hydroxyl groups excluding tert-OH is 1. The first-order chi connectivity index (χ1) is 33.4. The van der Waals surface area contributed by atoms with Crippen molar-refractivity contribution in [1.82, 2.24) is 25.0 Å². The summed E-state index contributed by atoms with van der Waals surface area (Å²) in [5.41, 5.74) is 1.69. The number of pyridine rings is 1. The van der Waals surface area contributed by atoms with E-state index >= 15 is 4.79 Å². The molecule has 3 aromatic rings. The van der Waals surface area contributed by atoms with Crippen molar-refractivity contribution in [3.8, 4) is 0 Å². The van der Waals surface area contributed by atoms with Crippen LogP contribution in [0.1, 0.15) is 140 Å². The van der Waals surface area contributed by atoms with Crippen LogP contribution in [-0.4, -0.2) is 120 Å². The quantitative estimate of drug-likeness (QED) is 0.152. The van der Waals surface area contributed by atoms with E-state index in [1.165, 1.54) is 19.3 Å². The van der Waals surface area contributed by atoms with Crippen molar-refractivity contribution >= 4 is 56.6 Å². The second kappa shape index (κ2) is 22.6. The van der Waals surface area contributed by atoms with Gasteiger partial charge >= 0.3 is 0 Å². The van der Waals surface area contributed by atoms with Crippen molar-refractivity contribution in [2.45, 2.75) is 141 Å². The van der Waals surface area contributed by atoms with E-state index in [1.807, 2.05) is 85.3 Å². The van der Waals surface area contributed by atoms with Gasteiger partial charge in [-0.05, 0) is 155 Å². The first kappa shape index (κ1) is 52.6. The van der Waals surface area contributed by atoms with Gasteiger partial charge in [0.1, 0.15) is 12.0 Å². The normalized spacial score (nSPS) is 26.5. The molecule has 15 heteroatoms. The number of piperidine rings is 5. The van der Waals surface area contributed by atoms with Gasteiger partial charge in [-0.2, -0.15) is 0 Å². The topological polar surface area (TPSA) is 143 Å². The van der Waals surface area contributed by atoms with Gasteiger partial charge in [0, 0.05) is 79.7 Å². The highest BCUT2D eigenvalue weighted by molar-refractivity contribution is 7.92. The van der Waals surface area contributed by atoms with E-state index in [0.29, 0.717) is 60.2 Å². The summed E-state index contributed by atoms with van der Waals surface area (Å²) in [5.74, 6) is 1.87. The Morgan fingerprint density at radius 2 is 1.44 bits per heavy atom. The number of sulfone groups is 1. The van der Waals surface area contributed by atoms with Crippen molar-refractivity contribution in [2.24, 2.45) is 29.1 Å². The van der Waals surface area contributed by atoms with Crippen molar-refractivity contribution < 1.29 is 27.9 Å². The third-order valence-corrected chi connectivity index (χ3v) is 19.5. The third-order valence-electron chi connectivity index (χ3n) is 16.7. The van der Waals surface area contributed by atoms with Gasteiger partial charge in [-0.1, -0.05) is 74.3 Å². The zero-order valence-electron chi connectivity index (χ0n) is 41.9. The second-order valence-electron chi connectivity index (χ2n) is 22.3. The SMILES string of the molecule is CC(C)[C@@H](CS(=O)(=O)C(C)C)N1C(=O)[C@@](C)(CC(=O)N2CCC(CC3CCN(CC4CCN(c5ccc(C6CCC(=O)NC6O)cn5)CC4)CC3)CC2)C[C@H](c2cccc(Cl)c2)[C@H]1c1ccc(Cl)cc1. The van der Waals surface area contributed by atoms with Crippen molar-refractivity contribution in [2.75, 3.05) is 56.5 Å². The van der Waals surface area contributed by atoms with Crippen LogP contribution < -0.4 is 10.2 Å². The van der Waals surface area contributed by atoms with E-state index in [0.717, 1.165) is 80.9 Å². The molecular weight excluding hydrogens is 944 g/mol. The number of aromatic nitrogens is 1. The molecule has 0 spiro atoms. The lowest BCUT2D eigenvalue weighted by Crippen LogP contribution is -2.59. The molecule has 3 amide bonds. The van der Waals surface area contributed by atoms with Crippen LogP contribution in [0.25, 0.3) is 0 Å². The fourth-order valence-corrected chi connectivity index (χ4v) is 14.1. The van der Waals surface area contributed by atoms with Gasteiger partial charge < -0.3 is 30.0 Å². The minimum absolute atomic E-state index is 0.0129. The molecule has 382 valence electrons. The number of halogens is 2. The Morgan fingerprint density at radius 3 is 2.04 bits per heavy atom. The smallest absolute Gasteiger partial charge is 0.229 e. The van der Waals surface area contributed by atoms with Gasteiger partial charge in [-0.15, -0.1) is 0 Å². The summed E-state index contributed by atoms with van der Waals surface area (Å²) < 4.78 is 27.4. The molecule has 5 aliphatic rings. The molecule has 5 saturated heterocycles. The number of carbonyl (C=O) groups excluding carboxylic acids is 3. The van der Waals surface area contributed by atoms with Crippen molar-refractivity contribution in [3.05, 3.63) is 93.6 Å². The van der Waals surface area contributed by atoms with E-state index in [9.17, 15) is 23.1 Å². The summed E-state index contributed by atoms with van der Waals surface area (Å²) in [6, 6.07) is 18.2. The third kappa shape index (κ3) is 12.4. The summed E-state index contributed by atoms with van der Waals surface area (Å²) in [6.45, 7) is 16.0. The van der Waals surface area contributed by atoms with Gasteiger partial charge in [-0.3, -0.25) is 14.4 Å². The molecule has 0 bridgehead atoms. The number of rotatable bonds is 15. The molecule has 6 atom stereocenters. The Balaban J connectivity index is 0.846. The first-order valence-electron chi connectivity index (χ1n) is 26.1. The molecule has 0 radical (unpaired) electrons.